The first-order valence-corrected chi connectivity index (χ1v) is 9.64. The van der Waals surface area contributed by atoms with E-state index >= 15 is 0 Å². The van der Waals surface area contributed by atoms with Crippen LogP contribution in [-0.4, -0.2) is 27.4 Å². The van der Waals surface area contributed by atoms with E-state index in [0.717, 1.165) is 28.5 Å². The Balaban J connectivity index is 2.03. The molecule has 0 spiro atoms. The lowest BCUT2D eigenvalue weighted by atomic mass is 9.95. The molecule has 32 heavy (non-hydrogen) atoms. The molecule has 1 aliphatic carbocycles. The Hall–Kier alpha value is -3.81. The first-order chi connectivity index (χ1) is 15.2. The SMILES string of the molecule is COC(=O)c1c(N)c(C#N)cn1-c1cc(F)ccc1-n1nc(C(F)(F)F)c2c1CCCC2. The highest BCUT2D eigenvalue weighted by molar-refractivity contribution is 5.96. The van der Waals surface area contributed by atoms with E-state index in [4.69, 9.17) is 10.5 Å². The summed E-state index contributed by atoms with van der Waals surface area (Å²) in [6.07, 6.45) is -1.59. The molecule has 7 nitrogen and oxygen atoms in total. The highest BCUT2D eigenvalue weighted by Gasteiger charge is 2.40. The minimum absolute atomic E-state index is 0.0109. The fraction of sp³-hybridized carbons (Fsp3) is 0.286. The van der Waals surface area contributed by atoms with Crippen molar-refractivity contribution >= 4 is 11.7 Å². The molecule has 0 fully saturated rings. The highest BCUT2D eigenvalue weighted by Crippen LogP contribution is 2.38. The first-order valence-electron chi connectivity index (χ1n) is 9.64. The number of rotatable bonds is 3. The van der Waals surface area contributed by atoms with Gasteiger partial charge in [0.15, 0.2) is 11.4 Å². The van der Waals surface area contributed by atoms with Gasteiger partial charge in [-0.2, -0.15) is 23.5 Å². The number of halogens is 4. The van der Waals surface area contributed by atoms with Crippen molar-refractivity contribution in [1.82, 2.24) is 14.3 Å². The molecule has 166 valence electrons. The number of alkyl halides is 3. The molecule has 0 unspecified atom stereocenters. The average Bonchev–Trinajstić information content (AvgIpc) is 3.31. The number of carbonyl (C=O) groups is 1. The maximum absolute atomic E-state index is 14.3. The van der Waals surface area contributed by atoms with E-state index in [-0.39, 0.29) is 40.3 Å². The molecule has 2 N–H and O–H groups in total. The van der Waals surface area contributed by atoms with Crippen LogP contribution in [0.4, 0.5) is 23.2 Å². The zero-order valence-corrected chi connectivity index (χ0v) is 16.8. The molecule has 11 heteroatoms. The number of hydrogen-bond acceptors (Lipinski definition) is 5. The number of anilines is 1. The lowest BCUT2D eigenvalue weighted by Gasteiger charge is -2.18. The van der Waals surface area contributed by atoms with Gasteiger partial charge in [0.2, 0.25) is 0 Å². The van der Waals surface area contributed by atoms with Gasteiger partial charge in [0.05, 0.1) is 29.7 Å². The molecular formula is C21H17F4N5O2. The minimum Gasteiger partial charge on any atom is -0.464 e. The Bertz CT molecular complexity index is 1270. The lowest BCUT2D eigenvalue weighted by molar-refractivity contribution is -0.142. The molecule has 2 heterocycles. The third-order valence-corrected chi connectivity index (χ3v) is 5.42. The molecule has 0 aliphatic heterocycles. The van der Waals surface area contributed by atoms with Crippen molar-refractivity contribution in [3.05, 3.63) is 58.4 Å². The van der Waals surface area contributed by atoms with Crippen molar-refractivity contribution in [2.45, 2.75) is 31.9 Å². The predicted octanol–water partition coefficient (Wildman–Crippen LogP) is 3.94. The average molecular weight is 447 g/mol. The second kappa shape index (κ2) is 7.71. The van der Waals surface area contributed by atoms with Gasteiger partial charge in [-0.15, -0.1) is 0 Å². The van der Waals surface area contributed by atoms with Crippen molar-refractivity contribution in [3.63, 3.8) is 0 Å². The van der Waals surface area contributed by atoms with Gasteiger partial charge >= 0.3 is 12.1 Å². The van der Waals surface area contributed by atoms with Crippen LogP contribution in [0.15, 0.2) is 24.4 Å². The highest BCUT2D eigenvalue weighted by atomic mass is 19.4. The van der Waals surface area contributed by atoms with Crippen LogP contribution in [-0.2, 0) is 23.8 Å². The van der Waals surface area contributed by atoms with Crippen molar-refractivity contribution < 1.29 is 27.1 Å². The van der Waals surface area contributed by atoms with Crippen LogP contribution in [0.1, 0.15) is 45.8 Å². The van der Waals surface area contributed by atoms with Crippen LogP contribution in [0.5, 0.6) is 0 Å². The van der Waals surface area contributed by atoms with E-state index in [1.807, 2.05) is 6.07 Å². The standard InChI is InChI=1S/C21H17F4N5O2/c1-32-20(31)18-17(27)11(9-26)10-29(18)16-8-12(22)6-7-15(16)30-14-5-3-2-4-13(14)19(28-30)21(23,24)25/h6-8,10H,2-5,27H2,1H3. The van der Waals surface area contributed by atoms with E-state index in [0.29, 0.717) is 25.0 Å². The van der Waals surface area contributed by atoms with E-state index in [9.17, 15) is 27.6 Å². The number of nitrogens with zero attached hydrogens (tertiary/aromatic N) is 4. The molecule has 2 aromatic heterocycles. The number of fused-ring (bicyclic) bond motifs is 1. The topological polar surface area (TPSA) is 98.9 Å². The summed E-state index contributed by atoms with van der Waals surface area (Å²) >= 11 is 0. The van der Waals surface area contributed by atoms with Crippen LogP contribution in [0.3, 0.4) is 0 Å². The number of ether oxygens (including phenoxy) is 1. The van der Waals surface area contributed by atoms with Gasteiger partial charge in [-0.3, -0.25) is 0 Å². The molecule has 0 radical (unpaired) electrons. The van der Waals surface area contributed by atoms with Crippen LogP contribution in [0, 0.1) is 17.1 Å². The molecule has 1 aliphatic rings. The summed E-state index contributed by atoms with van der Waals surface area (Å²) in [5.41, 5.74) is 5.00. The first kappa shape index (κ1) is 21.4. The maximum atomic E-state index is 14.3. The van der Waals surface area contributed by atoms with Crippen LogP contribution < -0.4 is 5.73 Å². The van der Waals surface area contributed by atoms with Gasteiger partial charge in [-0.25, -0.2) is 13.9 Å². The van der Waals surface area contributed by atoms with E-state index in [2.05, 4.69) is 5.10 Å². The van der Waals surface area contributed by atoms with E-state index < -0.39 is 23.7 Å². The zero-order chi connectivity index (χ0) is 23.2. The largest absolute Gasteiger partial charge is 0.464 e. The van der Waals surface area contributed by atoms with Crippen LogP contribution in [0.25, 0.3) is 11.4 Å². The van der Waals surface area contributed by atoms with Crippen molar-refractivity contribution in [1.29, 1.82) is 5.26 Å². The molecule has 1 aromatic carbocycles. The van der Waals surface area contributed by atoms with Gasteiger partial charge in [-0.05, 0) is 37.8 Å². The maximum Gasteiger partial charge on any atom is 0.435 e. The quantitative estimate of drug-likeness (QED) is 0.484. The Morgan fingerprint density at radius 1 is 1.25 bits per heavy atom. The number of aromatic nitrogens is 3. The second-order valence-corrected chi connectivity index (χ2v) is 7.30. The van der Waals surface area contributed by atoms with Crippen molar-refractivity contribution in [2.75, 3.05) is 12.8 Å². The van der Waals surface area contributed by atoms with Crippen LogP contribution >= 0.6 is 0 Å². The van der Waals surface area contributed by atoms with Gasteiger partial charge in [0.25, 0.3) is 0 Å². The number of methoxy groups -OCH3 is 1. The summed E-state index contributed by atoms with van der Waals surface area (Å²) in [5.74, 6) is -1.60. The Morgan fingerprint density at radius 3 is 2.62 bits per heavy atom. The second-order valence-electron chi connectivity index (χ2n) is 7.30. The van der Waals surface area contributed by atoms with E-state index in [1.54, 1.807) is 0 Å². The normalized spacial score (nSPS) is 13.5. The Labute approximate surface area is 179 Å². The lowest BCUT2D eigenvalue weighted by Crippen LogP contribution is -2.15. The summed E-state index contributed by atoms with van der Waals surface area (Å²) in [5, 5.41) is 13.2. The summed E-state index contributed by atoms with van der Waals surface area (Å²) in [6.45, 7) is 0. The molecular weight excluding hydrogens is 430 g/mol. The number of benzene rings is 1. The van der Waals surface area contributed by atoms with Gasteiger partial charge in [0, 0.05) is 23.5 Å². The predicted molar refractivity (Wildman–Crippen MR) is 105 cm³/mol. The summed E-state index contributed by atoms with van der Waals surface area (Å²) < 4.78 is 62.2. The number of esters is 1. The molecule has 3 aromatic rings. The summed E-state index contributed by atoms with van der Waals surface area (Å²) in [7, 11) is 1.11. The third kappa shape index (κ3) is 3.37. The monoisotopic (exact) mass is 447 g/mol. The summed E-state index contributed by atoms with van der Waals surface area (Å²) in [4.78, 5) is 12.4. The van der Waals surface area contributed by atoms with Crippen molar-refractivity contribution in [2.24, 2.45) is 0 Å². The molecule has 0 amide bonds. The van der Waals surface area contributed by atoms with Gasteiger partial charge in [-0.1, -0.05) is 0 Å². The summed E-state index contributed by atoms with van der Waals surface area (Å²) in [6, 6.07) is 5.22. The van der Waals surface area contributed by atoms with Gasteiger partial charge < -0.3 is 15.0 Å². The van der Waals surface area contributed by atoms with E-state index in [1.165, 1.54) is 12.3 Å². The molecule has 4 rings (SSSR count). The Kier molecular flexibility index (Phi) is 5.16. The smallest absolute Gasteiger partial charge is 0.435 e. The molecule has 0 saturated heterocycles. The zero-order valence-electron chi connectivity index (χ0n) is 16.8. The number of nitrogens with two attached hydrogens (primary N) is 1. The fourth-order valence-corrected chi connectivity index (χ4v) is 4.00. The number of nitrogen functional groups attached to an aromatic ring is 1. The number of hydrogen-bond donors (Lipinski definition) is 1. The van der Waals surface area contributed by atoms with Crippen LogP contribution in [0.2, 0.25) is 0 Å². The van der Waals surface area contributed by atoms with Crippen molar-refractivity contribution in [3.8, 4) is 17.4 Å². The molecule has 0 bridgehead atoms. The fourth-order valence-electron chi connectivity index (χ4n) is 4.00. The Morgan fingerprint density at radius 2 is 1.97 bits per heavy atom. The number of nitriles is 1. The van der Waals surface area contributed by atoms with Gasteiger partial charge in [0.1, 0.15) is 11.9 Å². The molecule has 0 atom stereocenters. The third-order valence-electron chi connectivity index (χ3n) is 5.42. The minimum atomic E-state index is -4.66. The number of carbonyl (C=O) groups excluding carboxylic acids is 1. The molecule has 0 saturated carbocycles.